The van der Waals surface area contributed by atoms with Crippen LogP contribution in [-0.2, 0) is 19.1 Å². The van der Waals surface area contributed by atoms with Gasteiger partial charge in [0.1, 0.15) is 6.04 Å². The number of likely N-dealkylation sites (tertiary alicyclic amines) is 1. The molecule has 0 aromatic carbocycles. The summed E-state index contributed by atoms with van der Waals surface area (Å²) in [6, 6.07) is -1.33. The predicted octanol–water partition coefficient (Wildman–Crippen LogP) is 3.42. The molecule has 0 radical (unpaired) electrons. The lowest BCUT2D eigenvalue weighted by atomic mass is 9.66. The monoisotopic (exact) mass is 506 g/mol. The Morgan fingerprint density at radius 2 is 1.94 bits per heavy atom. The molecule has 0 aliphatic carbocycles. The third kappa shape index (κ3) is 4.57. The van der Waals surface area contributed by atoms with Crippen LogP contribution in [0.15, 0.2) is 25.3 Å². The first kappa shape index (κ1) is 27.8. The van der Waals surface area contributed by atoms with Gasteiger partial charge in [0.05, 0.1) is 35.8 Å². The van der Waals surface area contributed by atoms with E-state index in [1.165, 1.54) is 0 Å². The maximum atomic E-state index is 14.2. The zero-order chi connectivity index (χ0) is 26.1. The Morgan fingerprint density at radius 3 is 2.49 bits per heavy atom. The second kappa shape index (κ2) is 10.7. The molecule has 6 atom stereocenters. The molecule has 3 fully saturated rings. The van der Waals surface area contributed by atoms with E-state index in [-0.39, 0.29) is 43.0 Å². The lowest BCUT2D eigenvalue weighted by molar-refractivity contribution is -0.156. The number of rotatable bonds is 12. The second-order valence-corrected chi connectivity index (χ2v) is 12.8. The molecule has 3 aliphatic rings. The highest BCUT2D eigenvalue weighted by atomic mass is 32.2. The van der Waals surface area contributed by atoms with Crippen molar-refractivity contribution in [2.24, 2.45) is 17.8 Å². The van der Waals surface area contributed by atoms with Gasteiger partial charge in [0.2, 0.25) is 11.8 Å². The van der Waals surface area contributed by atoms with E-state index in [2.05, 4.69) is 13.2 Å². The fourth-order valence-corrected chi connectivity index (χ4v) is 8.65. The average Bonchev–Trinajstić information content (AvgIpc) is 3.36. The number of amides is 2. The molecule has 8 heteroatoms. The third-order valence-electron chi connectivity index (χ3n) is 8.05. The Bertz CT molecular complexity index is 861. The van der Waals surface area contributed by atoms with E-state index in [4.69, 9.17) is 4.74 Å². The van der Waals surface area contributed by atoms with E-state index in [9.17, 15) is 19.5 Å². The Labute approximate surface area is 214 Å². The van der Waals surface area contributed by atoms with E-state index in [1.54, 1.807) is 33.7 Å². The minimum Gasteiger partial charge on any atom is -0.465 e. The normalized spacial score (nSPS) is 32.2. The molecule has 2 amide bonds. The number of aliphatic hydroxyl groups is 1. The molecule has 2 bridgehead atoms. The molecule has 0 saturated carbocycles. The van der Waals surface area contributed by atoms with Gasteiger partial charge in [0.25, 0.3) is 0 Å². The van der Waals surface area contributed by atoms with Crippen molar-refractivity contribution in [3.63, 3.8) is 0 Å². The summed E-state index contributed by atoms with van der Waals surface area (Å²) in [6.07, 6.45) is 6.34. The van der Waals surface area contributed by atoms with Crippen molar-refractivity contribution in [3.8, 4) is 0 Å². The van der Waals surface area contributed by atoms with Crippen LogP contribution in [0.3, 0.4) is 0 Å². The topological polar surface area (TPSA) is 87.1 Å². The van der Waals surface area contributed by atoms with E-state index < -0.39 is 33.4 Å². The maximum absolute atomic E-state index is 14.2. The highest BCUT2D eigenvalue weighted by Gasteiger charge is 2.78. The van der Waals surface area contributed by atoms with Crippen LogP contribution in [0.25, 0.3) is 0 Å². The summed E-state index contributed by atoms with van der Waals surface area (Å²) >= 11 is 1.63. The Kier molecular flexibility index (Phi) is 8.47. The number of esters is 1. The van der Waals surface area contributed by atoms with Crippen LogP contribution in [0, 0.1) is 17.8 Å². The molecule has 35 heavy (non-hydrogen) atoms. The van der Waals surface area contributed by atoms with Crippen LogP contribution < -0.4 is 0 Å². The second-order valence-electron chi connectivity index (χ2n) is 10.9. The summed E-state index contributed by atoms with van der Waals surface area (Å²) in [5.74, 6) is -2.00. The first-order chi connectivity index (χ1) is 16.5. The van der Waals surface area contributed by atoms with Crippen LogP contribution in [-0.4, -0.2) is 80.1 Å². The number of thioether (sulfide) groups is 1. The number of hydrogen-bond donors (Lipinski definition) is 1. The Hall–Kier alpha value is -1.80. The van der Waals surface area contributed by atoms with Crippen molar-refractivity contribution in [1.82, 2.24) is 9.80 Å². The van der Waals surface area contributed by atoms with Crippen LogP contribution >= 0.6 is 11.8 Å². The van der Waals surface area contributed by atoms with Gasteiger partial charge in [-0.05, 0) is 52.4 Å². The quantitative estimate of drug-likeness (QED) is 0.248. The first-order valence-corrected chi connectivity index (χ1v) is 13.6. The number of carbonyl (C=O) groups excluding carboxylic acids is 3. The van der Waals surface area contributed by atoms with Crippen molar-refractivity contribution < 1.29 is 24.2 Å². The summed E-state index contributed by atoms with van der Waals surface area (Å²) < 4.78 is 4.48. The summed E-state index contributed by atoms with van der Waals surface area (Å²) in [4.78, 5) is 45.1. The van der Waals surface area contributed by atoms with Crippen LogP contribution in [0.5, 0.6) is 0 Å². The molecule has 1 N–H and O–H groups in total. The van der Waals surface area contributed by atoms with Crippen molar-refractivity contribution in [2.75, 3.05) is 19.8 Å². The Morgan fingerprint density at radius 1 is 1.26 bits per heavy atom. The molecular weight excluding hydrogens is 464 g/mol. The minimum absolute atomic E-state index is 0.0523. The molecule has 3 heterocycles. The smallest absolute Gasteiger partial charge is 0.311 e. The molecule has 3 rings (SSSR count). The van der Waals surface area contributed by atoms with Crippen molar-refractivity contribution in [1.29, 1.82) is 0 Å². The lowest BCUT2D eigenvalue weighted by Gasteiger charge is -2.41. The number of aliphatic hydroxyl groups excluding tert-OH is 1. The summed E-state index contributed by atoms with van der Waals surface area (Å²) in [6.45, 7) is 17.8. The standard InChI is InChI=1S/C27H42N2O5S/c1-8-10-11-15-34-25(33)21-20-23(31)29(19(16-30)17(3)4)22(24(32)28(14-9-2)18(5)6)27(20)13-12-26(21,7)35-27/h8-9,17-22,30H,1-2,10-16H2,3-7H3/t19-,20-,21-,22?,26+,27?/m0/s1. The lowest BCUT2D eigenvalue weighted by Crippen LogP contribution is -2.59. The number of hydrogen-bond acceptors (Lipinski definition) is 6. The SMILES string of the molecule is C=CCCCOC(=O)[C@@H]1[C@H]2C(=O)N([C@@H](CO)C(C)C)C(C(=O)N(CC=C)C(C)C)C23CC[C@@]1(C)S3. The predicted molar refractivity (Wildman–Crippen MR) is 139 cm³/mol. The number of ether oxygens (including phenoxy) is 1. The van der Waals surface area contributed by atoms with Crippen molar-refractivity contribution in [3.05, 3.63) is 25.3 Å². The summed E-state index contributed by atoms with van der Waals surface area (Å²) in [7, 11) is 0. The first-order valence-electron chi connectivity index (χ1n) is 12.8. The molecule has 3 saturated heterocycles. The molecule has 2 unspecified atom stereocenters. The third-order valence-corrected chi connectivity index (χ3v) is 10.0. The van der Waals surface area contributed by atoms with Gasteiger partial charge in [-0.1, -0.05) is 26.0 Å². The van der Waals surface area contributed by atoms with Crippen LogP contribution in [0.4, 0.5) is 0 Å². The number of carbonyl (C=O) groups is 3. The van der Waals surface area contributed by atoms with Gasteiger partial charge in [0, 0.05) is 17.3 Å². The summed E-state index contributed by atoms with van der Waals surface area (Å²) in [5, 5.41) is 10.3. The number of unbranched alkanes of at least 4 members (excludes halogenated alkanes) is 1. The Balaban J connectivity index is 2.07. The van der Waals surface area contributed by atoms with Crippen molar-refractivity contribution in [2.45, 2.75) is 87.9 Å². The van der Waals surface area contributed by atoms with Crippen molar-refractivity contribution >= 4 is 29.5 Å². The largest absolute Gasteiger partial charge is 0.465 e. The zero-order valence-electron chi connectivity index (χ0n) is 21.9. The van der Waals surface area contributed by atoms with Gasteiger partial charge < -0.3 is 19.6 Å². The van der Waals surface area contributed by atoms with Gasteiger partial charge in [-0.25, -0.2) is 0 Å². The van der Waals surface area contributed by atoms with Gasteiger partial charge in [-0.3, -0.25) is 14.4 Å². The highest BCUT2D eigenvalue weighted by molar-refractivity contribution is 8.02. The molecule has 3 aliphatic heterocycles. The maximum Gasteiger partial charge on any atom is 0.311 e. The fourth-order valence-electron chi connectivity index (χ4n) is 6.32. The van der Waals surface area contributed by atoms with E-state index in [0.29, 0.717) is 19.4 Å². The van der Waals surface area contributed by atoms with E-state index in [1.807, 2.05) is 34.6 Å². The van der Waals surface area contributed by atoms with Crippen LogP contribution in [0.2, 0.25) is 0 Å². The number of fused-ring (bicyclic) bond motifs is 1. The van der Waals surface area contributed by atoms with Gasteiger partial charge in [-0.15, -0.1) is 24.9 Å². The fraction of sp³-hybridized carbons (Fsp3) is 0.741. The molecule has 1 spiro atoms. The highest BCUT2D eigenvalue weighted by Crippen LogP contribution is 2.72. The zero-order valence-corrected chi connectivity index (χ0v) is 22.7. The van der Waals surface area contributed by atoms with Crippen LogP contribution in [0.1, 0.15) is 60.3 Å². The molecule has 196 valence electrons. The molecule has 0 aromatic rings. The minimum atomic E-state index is -0.743. The van der Waals surface area contributed by atoms with Gasteiger partial charge >= 0.3 is 5.97 Å². The van der Waals surface area contributed by atoms with Gasteiger partial charge in [0.15, 0.2) is 0 Å². The number of allylic oxidation sites excluding steroid dienone is 1. The molecule has 7 nitrogen and oxygen atoms in total. The average molecular weight is 507 g/mol. The summed E-state index contributed by atoms with van der Waals surface area (Å²) in [5.41, 5.74) is 0. The molecular formula is C27H42N2O5S. The number of nitrogens with zero attached hydrogens (tertiary/aromatic N) is 2. The van der Waals surface area contributed by atoms with E-state index in [0.717, 1.165) is 12.8 Å². The van der Waals surface area contributed by atoms with Gasteiger partial charge in [-0.2, -0.15) is 0 Å². The molecule has 0 aromatic heterocycles. The van der Waals surface area contributed by atoms with E-state index >= 15 is 0 Å².